The Morgan fingerprint density at radius 1 is 0.944 bits per heavy atom. The molecule has 1 heterocycles. The first-order valence-electron chi connectivity index (χ1n) is 12.1. The number of amides is 1. The molecule has 0 bridgehead atoms. The highest BCUT2D eigenvalue weighted by atomic mass is 16.6. The summed E-state index contributed by atoms with van der Waals surface area (Å²) >= 11 is 0. The molecule has 0 saturated carbocycles. The molecule has 0 aromatic heterocycles. The van der Waals surface area contributed by atoms with Gasteiger partial charge < -0.3 is 23.8 Å². The molecule has 1 aliphatic carbocycles. The van der Waals surface area contributed by atoms with Crippen LogP contribution in [-0.2, 0) is 28.9 Å². The van der Waals surface area contributed by atoms with E-state index in [1.54, 1.807) is 25.3 Å². The van der Waals surface area contributed by atoms with Gasteiger partial charge >= 0.3 is 6.09 Å². The Morgan fingerprint density at radius 2 is 1.67 bits per heavy atom. The topological polar surface area (TPSA) is 74.3 Å². The first-order valence-corrected chi connectivity index (χ1v) is 12.1. The SMILES string of the molecule is COc1ccc(C(=O)C2CN(C(=O)OCc3ccccc3)CCO2)cc1OC1Cc2ccccc2C1. The molecule has 2 aliphatic rings. The second kappa shape index (κ2) is 10.8. The van der Waals surface area contributed by atoms with Crippen molar-refractivity contribution in [3.63, 3.8) is 0 Å². The van der Waals surface area contributed by atoms with Gasteiger partial charge in [0.25, 0.3) is 0 Å². The van der Waals surface area contributed by atoms with Crippen LogP contribution in [0.15, 0.2) is 72.8 Å². The largest absolute Gasteiger partial charge is 0.493 e. The summed E-state index contributed by atoms with van der Waals surface area (Å²) in [7, 11) is 1.58. The molecule has 7 heteroatoms. The van der Waals surface area contributed by atoms with Crippen LogP contribution in [0.3, 0.4) is 0 Å². The highest BCUT2D eigenvalue weighted by Gasteiger charge is 2.31. The van der Waals surface area contributed by atoms with E-state index in [1.807, 2.05) is 42.5 Å². The molecule has 3 aromatic rings. The lowest BCUT2D eigenvalue weighted by atomic mass is 10.0. The molecule has 186 valence electrons. The van der Waals surface area contributed by atoms with Crippen molar-refractivity contribution in [2.75, 3.05) is 26.8 Å². The molecule has 5 rings (SSSR count). The van der Waals surface area contributed by atoms with Gasteiger partial charge in [0.1, 0.15) is 18.8 Å². The summed E-state index contributed by atoms with van der Waals surface area (Å²) < 4.78 is 23.0. The van der Waals surface area contributed by atoms with Crippen molar-refractivity contribution in [2.24, 2.45) is 0 Å². The molecular formula is C29H29NO6. The zero-order chi connectivity index (χ0) is 24.9. The van der Waals surface area contributed by atoms with E-state index in [0.29, 0.717) is 23.6 Å². The predicted octanol–water partition coefficient (Wildman–Crippen LogP) is 4.46. The predicted molar refractivity (Wildman–Crippen MR) is 134 cm³/mol. The van der Waals surface area contributed by atoms with E-state index in [0.717, 1.165) is 18.4 Å². The summed E-state index contributed by atoms with van der Waals surface area (Å²) in [5, 5.41) is 0. The Kier molecular flexibility index (Phi) is 7.18. The van der Waals surface area contributed by atoms with Gasteiger partial charge in [0, 0.05) is 24.9 Å². The Hall–Kier alpha value is -3.84. The summed E-state index contributed by atoms with van der Waals surface area (Å²) in [5.74, 6) is 0.882. The second-order valence-electron chi connectivity index (χ2n) is 8.99. The number of Topliss-reactive ketones (excluding diaryl/α,β-unsaturated/α-hetero) is 1. The van der Waals surface area contributed by atoms with Crippen LogP contribution in [0.25, 0.3) is 0 Å². The fourth-order valence-electron chi connectivity index (χ4n) is 4.67. The molecule has 1 fully saturated rings. The molecule has 1 amide bonds. The van der Waals surface area contributed by atoms with Gasteiger partial charge in [-0.2, -0.15) is 0 Å². The fraction of sp³-hybridized carbons (Fsp3) is 0.310. The second-order valence-corrected chi connectivity index (χ2v) is 8.99. The maximum atomic E-state index is 13.3. The van der Waals surface area contributed by atoms with Crippen LogP contribution in [0.5, 0.6) is 11.5 Å². The lowest BCUT2D eigenvalue weighted by Crippen LogP contribution is -2.48. The summed E-state index contributed by atoms with van der Waals surface area (Å²) in [4.78, 5) is 27.4. The number of nitrogens with zero attached hydrogens (tertiary/aromatic N) is 1. The van der Waals surface area contributed by atoms with Crippen LogP contribution in [0.2, 0.25) is 0 Å². The van der Waals surface area contributed by atoms with Gasteiger partial charge in [-0.1, -0.05) is 54.6 Å². The Bertz CT molecular complexity index is 1200. The van der Waals surface area contributed by atoms with E-state index < -0.39 is 12.2 Å². The molecule has 1 unspecified atom stereocenters. The number of morpholine rings is 1. The minimum atomic E-state index is -0.778. The lowest BCUT2D eigenvalue weighted by Gasteiger charge is -2.31. The third-order valence-electron chi connectivity index (χ3n) is 6.58. The van der Waals surface area contributed by atoms with Gasteiger partial charge in [0.2, 0.25) is 0 Å². The lowest BCUT2D eigenvalue weighted by molar-refractivity contribution is -0.0174. The zero-order valence-electron chi connectivity index (χ0n) is 20.2. The number of methoxy groups -OCH3 is 1. The van der Waals surface area contributed by atoms with Crippen LogP contribution in [0.4, 0.5) is 4.79 Å². The molecule has 0 N–H and O–H groups in total. The van der Waals surface area contributed by atoms with Crippen LogP contribution in [0, 0.1) is 0 Å². The van der Waals surface area contributed by atoms with Gasteiger partial charge in [-0.25, -0.2) is 4.79 Å². The molecule has 1 aliphatic heterocycles. The van der Waals surface area contributed by atoms with Crippen molar-refractivity contribution in [3.05, 3.63) is 95.1 Å². The molecule has 0 spiro atoms. The number of fused-ring (bicyclic) bond motifs is 1. The minimum absolute atomic E-state index is 0.0255. The minimum Gasteiger partial charge on any atom is -0.493 e. The van der Waals surface area contributed by atoms with E-state index >= 15 is 0 Å². The maximum Gasteiger partial charge on any atom is 0.410 e. The Morgan fingerprint density at radius 3 is 2.39 bits per heavy atom. The summed E-state index contributed by atoms with van der Waals surface area (Å²) in [5.41, 5.74) is 3.92. The van der Waals surface area contributed by atoms with Crippen LogP contribution >= 0.6 is 0 Å². The van der Waals surface area contributed by atoms with E-state index in [1.165, 1.54) is 16.0 Å². The zero-order valence-corrected chi connectivity index (χ0v) is 20.2. The molecule has 0 radical (unpaired) electrons. The summed E-state index contributed by atoms with van der Waals surface area (Å²) in [6, 6.07) is 22.9. The van der Waals surface area contributed by atoms with Crippen LogP contribution < -0.4 is 9.47 Å². The number of benzene rings is 3. The third-order valence-corrected chi connectivity index (χ3v) is 6.58. The third kappa shape index (κ3) is 5.36. The standard InChI is InChI=1S/C29H29NO6/c1-33-25-12-11-23(17-26(25)36-24-15-21-9-5-6-10-22(21)16-24)28(31)27-18-30(13-14-34-27)29(32)35-19-20-7-3-2-4-8-20/h2-12,17,24,27H,13-16,18-19H2,1H3. The molecule has 7 nitrogen and oxygen atoms in total. The monoisotopic (exact) mass is 487 g/mol. The fourth-order valence-corrected chi connectivity index (χ4v) is 4.67. The summed E-state index contributed by atoms with van der Waals surface area (Å²) in [6.45, 7) is 0.944. The van der Waals surface area contributed by atoms with E-state index in [4.69, 9.17) is 18.9 Å². The van der Waals surface area contributed by atoms with Gasteiger partial charge in [0.15, 0.2) is 17.3 Å². The van der Waals surface area contributed by atoms with Crippen molar-refractivity contribution in [1.29, 1.82) is 0 Å². The highest BCUT2D eigenvalue weighted by molar-refractivity contribution is 6.00. The number of carbonyl (C=O) groups excluding carboxylic acids is 2. The van der Waals surface area contributed by atoms with Gasteiger partial charge in [0.05, 0.1) is 20.3 Å². The number of hydrogen-bond donors (Lipinski definition) is 0. The van der Waals surface area contributed by atoms with Crippen molar-refractivity contribution < 1.29 is 28.5 Å². The summed E-state index contributed by atoms with van der Waals surface area (Å²) in [6.07, 6.45) is 0.356. The normalized spacial score (nSPS) is 17.4. The molecule has 1 saturated heterocycles. The van der Waals surface area contributed by atoms with Gasteiger partial charge in [-0.15, -0.1) is 0 Å². The number of carbonyl (C=O) groups is 2. The molecule has 1 atom stereocenters. The quantitative estimate of drug-likeness (QED) is 0.458. The van der Waals surface area contributed by atoms with E-state index in [2.05, 4.69) is 12.1 Å². The molecule has 3 aromatic carbocycles. The van der Waals surface area contributed by atoms with Crippen LogP contribution in [0.1, 0.15) is 27.0 Å². The first kappa shape index (κ1) is 23.9. The van der Waals surface area contributed by atoms with Crippen molar-refractivity contribution in [3.8, 4) is 11.5 Å². The number of ketones is 1. The van der Waals surface area contributed by atoms with Crippen molar-refractivity contribution in [1.82, 2.24) is 4.90 Å². The maximum absolute atomic E-state index is 13.3. The average Bonchev–Trinajstić information content (AvgIpc) is 3.34. The Balaban J connectivity index is 1.23. The highest BCUT2D eigenvalue weighted by Crippen LogP contribution is 2.33. The number of hydrogen-bond acceptors (Lipinski definition) is 6. The van der Waals surface area contributed by atoms with Crippen LogP contribution in [-0.4, -0.2) is 55.8 Å². The first-order chi connectivity index (χ1) is 17.6. The number of ether oxygens (including phenoxy) is 4. The molecule has 36 heavy (non-hydrogen) atoms. The van der Waals surface area contributed by atoms with E-state index in [-0.39, 0.29) is 31.6 Å². The Labute approximate surface area is 210 Å². The van der Waals surface area contributed by atoms with Gasteiger partial charge in [-0.05, 0) is 34.9 Å². The van der Waals surface area contributed by atoms with Crippen molar-refractivity contribution in [2.45, 2.75) is 31.7 Å². The number of rotatable bonds is 7. The molecular weight excluding hydrogens is 458 g/mol. The van der Waals surface area contributed by atoms with Gasteiger partial charge in [-0.3, -0.25) is 4.79 Å². The van der Waals surface area contributed by atoms with Crippen molar-refractivity contribution >= 4 is 11.9 Å². The smallest absolute Gasteiger partial charge is 0.410 e. The van der Waals surface area contributed by atoms with E-state index in [9.17, 15) is 9.59 Å². The average molecular weight is 488 g/mol.